The fourth-order valence-electron chi connectivity index (χ4n) is 0.127. The van der Waals surface area contributed by atoms with E-state index in [0.717, 1.165) is 5.19 Å². The Morgan fingerprint density at radius 3 is 2.43 bits per heavy atom. The molecule has 2 atom stereocenters. The summed E-state index contributed by atoms with van der Waals surface area (Å²) in [7, 11) is 4.74. The second-order valence-electron chi connectivity index (χ2n) is 0.899. The molecule has 0 fully saturated rings. The van der Waals surface area contributed by atoms with Gasteiger partial charge in [0.15, 0.2) is 0 Å². The van der Waals surface area contributed by atoms with E-state index in [1.165, 1.54) is 0 Å². The van der Waals surface area contributed by atoms with Crippen LogP contribution < -0.4 is 0 Å². The number of rotatable bonds is 1. The minimum atomic E-state index is 0.252. The Morgan fingerprint density at radius 2 is 2.29 bits per heavy atom. The van der Waals surface area contributed by atoms with E-state index < -0.39 is 0 Å². The minimum absolute atomic E-state index is 0.252. The number of aliphatic imine (C=N–C) groups is 1. The average molecular weight is 132 g/mol. The predicted octanol–water partition coefficient (Wildman–Crippen LogP) is 0.616. The van der Waals surface area contributed by atoms with E-state index in [9.17, 15) is 0 Å². The topological polar surface area (TPSA) is 36.1 Å². The highest BCUT2D eigenvalue weighted by Gasteiger charge is 1.72. The van der Waals surface area contributed by atoms with Crippen molar-refractivity contribution in [3.63, 3.8) is 0 Å². The van der Waals surface area contributed by atoms with Crippen LogP contribution in [0.1, 0.15) is 0 Å². The molecule has 0 heterocycles. The van der Waals surface area contributed by atoms with Gasteiger partial charge in [0.1, 0.15) is 6.54 Å². The molecule has 0 radical (unpaired) electrons. The molecular weight excluding hydrogens is 126 g/mol. The Bertz CT molecular complexity index is 109. The first-order valence-corrected chi connectivity index (χ1v) is 2.85. The first-order chi connectivity index (χ1) is 3.27. The van der Waals surface area contributed by atoms with E-state index in [2.05, 4.69) is 23.5 Å². The minimum Gasteiger partial charge on any atom is -0.271 e. The average Bonchev–Trinajstić information content (AvgIpc) is 1.61. The Balaban J connectivity index is 3.32. The molecule has 0 N–H and O–H groups in total. The zero-order valence-corrected chi connectivity index (χ0v) is 6.07. The molecule has 0 saturated carbocycles. The zero-order valence-electron chi connectivity index (χ0n) is 3.76. The van der Waals surface area contributed by atoms with Gasteiger partial charge in [-0.25, -0.2) is 0 Å². The second kappa shape index (κ2) is 4.19. The number of nitriles is 1. The lowest BCUT2D eigenvalue weighted by Crippen LogP contribution is -1.72. The molecule has 38 valence electrons. The lowest BCUT2D eigenvalue weighted by Gasteiger charge is -1.79. The molecule has 0 aliphatic carbocycles. The Hall–Kier alpha value is 0.0200. The van der Waals surface area contributed by atoms with Gasteiger partial charge in [-0.3, -0.25) is 4.99 Å². The van der Waals surface area contributed by atoms with Crippen LogP contribution in [0.25, 0.3) is 0 Å². The molecule has 0 aliphatic heterocycles. The van der Waals surface area contributed by atoms with Crippen LogP contribution in [0.3, 0.4) is 0 Å². The fraction of sp³-hybridized carbons (Fsp3) is 0.333. The van der Waals surface area contributed by atoms with Crippen molar-refractivity contribution in [3.8, 4) is 6.07 Å². The lowest BCUT2D eigenvalue weighted by molar-refractivity contribution is 1.26. The van der Waals surface area contributed by atoms with Crippen LogP contribution in [0.15, 0.2) is 4.99 Å². The molecule has 2 nitrogen and oxygen atoms in total. The van der Waals surface area contributed by atoms with Crippen molar-refractivity contribution in [2.75, 3.05) is 6.54 Å². The molecule has 0 aromatic carbocycles. The summed E-state index contributed by atoms with van der Waals surface area (Å²) >= 11 is 0. The molecule has 0 amide bonds. The summed E-state index contributed by atoms with van der Waals surface area (Å²) in [5.74, 6) is 0. The SMILES string of the molecule is N#CCN=C(P)P. The van der Waals surface area contributed by atoms with Crippen LogP contribution in [-0.2, 0) is 0 Å². The van der Waals surface area contributed by atoms with Crippen LogP contribution >= 0.6 is 18.5 Å². The van der Waals surface area contributed by atoms with Gasteiger partial charge in [-0.05, 0) is 0 Å². The first kappa shape index (κ1) is 7.02. The van der Waals surface area contributed by atoms with Crippen molar-refractivity contribution in [1.29, 1.82) is 5.26 Å². The molecule has 0 rings (SSSR count). The van der Waals surface area contributed by atoms with Crippen molar-refractivity contribution in [1.82, 2.24) is 0 Å². The van der Waals surface area contributed by atoms with Gasteiger partial charge in [-0.2, -0.15) is 5.26 Å². The van der Waals surface area contributed by atoms with Crippen molar-refractivity contribution in [3.05, 3.63) is 0 Å². The zero-order chi connectivity index (χ0) is 5.70. The summed E-state index contributed by atoms with van der Waals surface area (Å²) in [5.41, 5.74) is 0. The molecule has 0 saturated heterocycles. The summed E-state index contributed by atoms with van der Waals surface area (Å²) in [5, 5.41) is 8.73. The van der Waals surface area contributed by atoms with Gasteiger partial charge in [0, 0.05) is 5.19 Å². The Kier molecular flexibility index (Phi) is 4.20. The molecular formula is C3H6N2P2. The molecule has 4 heteroatoms. The number of hydrogen-bond acceptors (Lipinski definition) is 2. The molecule has 0 aromatic rings. The maximum atomic E-state index is 7.94. The summed E-state index contributed by atoms with van der Waals surface area (Å²) in [6.07, 6.45) is 0. The van der Waals surface area contributed by atoms with Gasteiger partial charge in [0.05, 0.1) is 6.07 Å². The highest BCUT2D eigenvalue weighted by Crippen LogP contribution is 1.97. The Labute approximate surface area is 47.4 Å². The van der Waals surface area contributed by atoms with Gasteiger partial charge in [-0.15, -0.1) is 0 Å². The summed E-state index contributed by atoms with van der Waals surface area (Å²) in [4.78, 5) is 3.72. The third-order valence-corrected chi connectivity index (χ3v) is 0.697. The second-order valence-corrected chi connectivity index (χ2v) is 2.75. The molecule has 0 aliphatic rings. The maximum absolute atomic E-state index is 7.94. The number of hydrogen-bond donors (Lipinski definition) is 0. The van der Waals surface area contributed by atoms with Crippen LogP contribution in [0.2, 0.25) is 0 Å². The van der Waals surface area contributed by atoms with E-state index in [1.807, 2.05) is 6.07 Å². The van der Waals surface area contributed by atoms with Crippen molar-refractivity contribution in [2.24, 2.45) is 4.99 Å². The quantitative estimate of drug-likeness (QED) is 0.292. The predicted molar refractivity (Wildman–Crippen MR) is 37.3 cm³/mol. The van der Waals surface area contributed by atoms with Gasteiger partial charge in [0.2, 0.25) is 0 Å². The van der Waals surface area contributed by atoms with Crippen molar-refractivity contribution < 1.29 is 0 Å². The van der Waals surface area contributed by atoms with Crippen molar-refractivity contribution >= 4 is 23.7 Å². The summed E-state index contributed by atoms with van der Waals surface area (Å²) in [6, 6.07) is 1.88. The normalized spacial score (nSPS) is 7.00. The smallest absolute Gasteiger partial charge is 0.126 e. The monoisotopic (exact) mass is 132 g/mol. The highest BCUT2D eigenvalue weighted by atomic mass is 31.1. The van der Waals surface area contributed by atoms with E-state index in [-0.39, 0.29) is 6.54 Å². The van der Waals surface area contributed by atoms with Crippen LogP contribution in [0.5, 0.6) is 0 Å². The van der Waals surface area contributed by atoms with E-state index in [4.69, 9.17) is 5.26 Å². The van der Waals surface area contributed by atoms with Crippen LogP contribution in [0.4, 0.5) is 0 Å². The van der Waals surface area contributed by atoms with Gasteiger partial charge in [-0.1, -0.05) is 18.5 Å². The van der Waals surface area contributed by atoms with Crippen molar-refractivity contribution in [2.45, 2.75) is 0 Å². The summed E-state index contributed by atoms with van der Waals surface area (Å²) in [6.45, 7) is 0.252. The fourth-order valence-corrected chi connectivity index (χ4v) is 0.309. The van der Waals surface area contributed by atoms with Gasteiger partial charge >= 0.3 is 0 Å². The standard InChI is InChI=1S/C3H6N2P2/c4-1-2-5-3(6)7/h2,6-7H2. The van der Waals surface area contributed by atoms with Crippen LogP contribution in [0, 0.1) is 11.3 Å². The number of nitrogens with zero attached hydrogens (tertiary/aromatic N) is 2. The summed E-state index contributed by atoms with van der Waals surface area (Å²) < 4.78 is 0. The first-order valence-electron chi connectivity index (χ1n) is 1.69. The van der Waals surface area contributed by atoms with Gasteiger partial charge in [0.25, 0.3) is 0 Å². The van der Waals surface area contributed by atoms with E-state index in [1.54, 1.807) is 0 Å². The highest BCUT2D eigenvalue weighted by molar-refractivity contribution is 7.69. The van der Waals surface area contributed by atoms with Crippen LogP contribution in [-0.4, -0.2) is 11.7 Å². The Morgan fingerprint density at radius 1 is 1.71 bits per heavy atom. The van der Waals surface area contributed by atoms with E-state index >= 15 is 0 Å². The largest absolute Gasteiger partial charge is 0.271 e. The third kappa shape index (κ3) is 6.02. The molecule has 0 spiro atoms. The molecule has 7 heavy (non-hydrogen) atoms. The lowest BCUT2D eigenvalue weighted by atomic mass is 10.8. The van der Waals surface area contributed by atoms with Gasteiger partial charge < -0.3 is 0 Å². The third-order valence-electron chi connectivity index (χ3n) is 0.332. The molecule has 0 aromatic heterocycles. The van der Waals surface area contributed by atoms with E-state index in [0.29, 0.717) is 0 Å². The molecule has 0 bridgehead atoms. The maximum Gasteiger partial charge on any atom is 0.126 e. The molecule has 2 unspecified atom stereocenters.